The Bertz CT molecular complexity index is 469. The van der Waals surface area contributed by atoms with Crippen molar-refractivity contribution in [2.75, 3.05) is 13.7 Å². The molecule has 0 aromatic carbocycles. The van der Waals surface area contributed by atoms with Gasteiger partial charge in [0.05, 0.1) is 13.0 Å². The van der Waals surface area contributed by atoms with Crippen molar-refractivity contribution in [1.82, 2.24) is 4.90 Å². The highest BCUT2D eigenvalue weighted by Crippen LogP contribution is 2.36. The van der Waals surface area contributed by atoms with Crippen molar-refractivity contribution in [1.29, 1.82) is 0 Å². The molecule has 0 spiro atoms. The van der Waals surface area contributed by atoms with Crippen LogP contribution < -0.4 is 0 Å². The van der Waals surface area contributed by atoms with Crippen molar-refractivity contribution in [3.05, 3.63) is 0 Å². The molecule has 126 valence electrons. The van der Waals surface area contributed by atoms with Crippen molar-refractivity contribution in [3.8, 4) is 0 Å². The normalized spacial score (nSPS) is 23.2. The summed E-state index contributed by atoms with van der Waals surface area (Å²) in [5.41, 5.74) is -0.983. The minimum absolute atomic E-state index is 0.328. The van der Waals surface area contributed by atoms with Gasteiger partial charge in [-0.3, -0.25) is 9.59 Å². The molecular formula is C13H18F3NO5. The van der Waals surface area contributed by atoms with Crippen LogP contribution in [0.1, 0.15) is 27.2 Å². The van der Waals surface area contributed by atoms with E-state index in [2.05, 4.69) is 4.74 Å². The van der Waals surface area contributed by atoms with Gasteiger partial charge in [0.25, 0.3) is 0 Å². The Labute approximate surface area is 125 Å². The van der Waals surface area contributed by atoms with E-state index >= 15 is 0 Å². The molecule has 6 nitrogen and oxygen atoms in total. The summed E-state index contributed by atoms with van der Waals surface area (Å²) in [6, 6.07) is 0. The predicted octanol–water partition coefficient (Wildman–Crippen LogP) is 2.12. The minimum atomic E-state index is -4.65. The van der Waals surface area contributed by atoms with E-state index in [0.29, 0.717) is 4.90 Å². The van der Waals surface area contributed by atoms with E-state index in [4.69, 9.17) is 4.74 Å². The van der Waals surface area contributed by atoms with E-state index in [0.717, 1.165) is 7.11 Å². The molecular weight excluding hydrogens is 307 g/mol. The molecule has 2 atom stereocenters. The smallest absolute Gasteiger partial charge is 0.417 e. The Balaban J connectivity index is 3.06. The fourth-order valence-electron chi connectivity index (χ4n) is 2.02. The molecule has 0 N–H and O–H groups in total. The minimum Gasteiger partial charge on any atom is -0.468 e. The number of methoxy groups -OCH3 is 1. The molecule has 22 heavy (non-hydrogen) atoms. The predicted molar refractivity (Wildman–Crippen MR) is 67.6 cm³/mol. The standard InChI is InChI=1S/C13H18F3NO5/c1-12(2,3)22-11(20)17-6-7(13(14,15)16)5-8(9(17)18)10(19)21-4/h7-8H,5-6H2,1-4H3. The van der Waals surface area contributed by atoms with Gasteiger partial charge in [-0.2, -0.15) is 13.2 Å². The first-order valence-corrected chi connectivity index (χ1v) is 6.55. The SMILES string of the molecule is COC(=O)C1CC(C(F)(F)F)CN(C(=O)OC(C)(C)C)C1=O. The molecule has 1 aliphatic heterocycles. The van der Waals surface area contributed by atoms with Crippen LogP contribution in [0.2, 0.25) is 0 Å². The summed E-state index contributed by atoms with van der Waals surface area (Å²) in [7, 11) is 0.963. The number of halogens is 3. The van der Waals surface area contributed by atoms with E-state index in [1.165, 1.54) is 20.8 Å². The lowest BCUT2D eigenvalue weighted by Gasteiger charge is -2.36. The third kappa shape index (κ3) is 4.35. The second-order valence-corrected chi connectivity index (χ2v) is 5.98. The van der Waals surface area contributed by atoms with Gasteiger partial charge in [0.1, 0.15) is 11.5 Å². The molecule has 0 aromatic heterocycles. The number of imide groups is 1. The van der Waals surface area contributed by atoms with Gasteiger partial charge in [-0.05, 0) is 27.2 Å². The molecule has 0 radical (unpaired) electrons. The Kier molecular flexibility index (Phi) is 5.09. The fraction of sp³-hybridized carbons (Fsp3) is 0.769. The Morgan fingerprint density at radius 1 is 1.23 bits per heavy atom. The second-order valence-electron chi connectivity index (χ2n) is 5.98. The first-order valence-electron chi connectivity index (χ1n) is 6.55. The van der Waals surface area contributed by atoms with Crippen LogP contribution in [0.5, 0.6) is 0 Å². The zero-order chi connectivity index (χ0) is 17.3. The molecule has 1 aliphatic rings. The van der Waals surface area contributed by atoms with Gasteiger partial charge in [0.2, 0.25) is 5.91 Å². The van der Waals surface area contributed by atoms with Crippen LogP contribution in [-0.4, -0.2) is 48.3 Å². The first kappa shape index (κ1) is 18.2. The van der Waals surface area contributed by atoms with Gasteiger partial charge in [0.15, 0.2) is 0 Å². The number of carbonyl (C=O) groups excluding carboxylic acids is 3. The van der Waals surface area contributed by atoms with Gasteiger partial charge in [0, 0.05) is 6.54 Å². The zero-order valence-corrected chi connectivity index (χ0v) is 12.7. The van der Waals surface area contributed by atoms with Gasteiger partial charge >= 0.3 is 18.2 Å². The molecule has 0 saturated carbocycles. The lowest BCUT2D eigenvalue weighted by Crippen LogP contribution is -2.54. The van der Waals surface area contributed by atoms with E-state index < -0.39 is 54.5 Å². The number of rotatable bonds is 1. The number of piperidine rings is 1. The van der Waals surface area contributed by atoms with Crippen molar-refractivity contribution in [3.63, 3.8) is 0 Å². The highest BCUT2D eigenvalue weighted by Gasteiger charge is 2.52. The highest BCUT2D eigenvalue weighted by atomic mass is 19.4. The van der Waals surface area contributed by atoms with Crippen molar-refractivity contribution in [2.45, 2.75) is 39.0 Å². The quantitative estimate of drug-likeness (QED) is 0.545. The van der Waals surface area contributed by atoms with Crippen molar-refractivity contribution >= 4 is 18.0 Å². The average molecular weight is 325 g/mol. The van der Waals surface area contributed by atoms with Crippen LogP contribution in [0.25, 0.3) is 0 Å². The maximum Gasteiger partial charge on any atom is 0.417 e. The van der Waals surface area contributed by atoms with Crippen LogP contribution in [0.4, 0.5) is 18.0 Å². The summed E-state index contributed by atoms with van der Waals surface area (Å²) in [4.78, 5) is 35.8. The number of likely N-dealkylation sites (tertiary alicyclic amines) is 1. The van der Waals surface area contributed by atoms with Gasteiger partial charge in [-0.15, -0.1) is 0 Å². The summed E-state index contributed by atoms with van der Waals surface area (Å²) in [5, 5.41) is 0. The lowest BCUT2D eigenvalue weighted by atomic mass is 9.88. The average Bonchev–Trinajstić information content (AvgIpc) is 2.34. The van der Waals surface area contributed by atoms with Crippen molar-refractivity contribution < 1.29 is 37.0 Å². The lowest BCUT2D eigenvalue weighted by molar-refractivity contribution is -0.195. The zero-order valence-electron chi connectivity index (χ0n) is 12.7. The van der Waals surface area contributed by atoms with Gasteiger partial charge in [-0.25, -0.2) is 9.69 Å². The number of esters is 1. The molecule has 1 heterocycles. The number of alkyl halides is 3. The molecule has 1 saturated heterocycles. The third-order valence-corrected chi connectivity index (χ3v) is 3.05. The molecule has 0 bridgehead atoms. The molecule has 1 rings (SSSR count). The van der Waals surface area contributed by atoms with E-state index in [1.54, 1.807) is 0 Å². The number of nitrogens with zero attached hydrogens (tertiary/aromatic N) is 1. The number of amides is 2. The summed E-state index contributed by atoms with van der Waals surface area (Å²) >= 11 is 0. The van der Waals surface area contributed by atoms with Gasteiger partial charge < -0.3 is 9.47 Å². The second kappa shape index (κ2) is 6.13. The third-order valence-electron chi connectivity index (χ3n) is 3.05. The maximum absolute atomic E-state index is 12.9. The number of hydrogen-bond acceptors (Lipinski definition) is 5. The number of ether oxygens (including phenoxy) is 2. The van der Waals surface area contributed by atoms with E-state index in [-0.39, 0.29) is 0 Å². The van der Waals surface area contributed by atoms with E-state index in [1.807, 2.05) is 0 Å². The molecule has 0 aromatic rings. The monoisotopic (exact) mass is 325 g/mol. The molecule has 2 unspecified atom stereocenters. The molecule has 1 fully saturated rings. The van der Waals surface area contributed by atoms with Crippen LogP contribution in [0.15, 0.2) is 0 Å². The Morgan fingerprint density at radius 3 is 2.18 bits per heavy atom. The molecule has 2 amide bonds. The summed E-state index contributed by atoms with van der Waals surface area (Å²) < 4.78 is 48.1. The van der Waals surface area contributed by atoms with Gasteiger partial charge in [-0.1, -0.05) is 0 Å². The van der Waals surface area contributed by atoms with E-state index in [9.17, 15) is 27.6 Å². The van der Waals surface area contributed by atoms with Crippen LogP contribution in [0, 0.1) is 11.8 Å². The largest absolute Gasteiger partial charge is 0.468 e. The summed E-state index contributed by atoms with van der Waals surface area (Å²) in [6.45, 7) is 3.67. The molecule has 0 aliphatic carbocycles. The Hall–Kier alpha value is -1.80. The summed E-state index contributed by atoms with van der Waals surface area (Å²) in [6.07, 6.45) is -6.60. The Morgan fingerprint density at radius 2 is 1.77 bits per heavy atom. The maximum atomic E-state index is 12.9. The fourth-order valence-corrected chi connectivity index (χ4v) is 2.02. The van der Waals surface area contributed by atoms with Crippen LogP contribution in [-0.2, 0) is 19.1 Å². The topological polar surface area (TPSA) is 72.9 Å². The summed E-state index contributed by atoms with van der Waals surface area (Å²) in [5.74, 6) is -5.81. The highest BCUT2D eigenvalue weighted by molar-refractivity contribution is 6.04. The number of hydrogen-bond donors (Lipinski definition) is 0. The van der Waals surface area contributed by atoms with Crippen molar-refractivity contribution in [2.24, 2.45) is 11.8 Å². The first-order chi connectivity index (χ1) is 9.86. The molecule has 9 heteroatoms. The van der Waals surface area contributed by atoms with Crippen LogP contribution >= 0.6 is 0 Å². The van der Waals surface area contributed by atoms with Crippen LogP contribution in [0.3, 0.4) is 0 Å². The number of carbonyl (C=O) groups is 3.